The molecule has 1 aromatic rings. The Labute approximate surface area is 114 Å². The molecule has 1 aliphatic rings. The number of carboxylic acids is 1. The van der Waals surface area contributed by atoms with E-state index in [1.807, 2.05) is 0 Å². The molecule has 1 aromatic carbocycles. The fourth-order valence-electron chi connectivity index (χ4n) is 2.08. The van der Waals surface area contributed by atoms with Crippen LogP contribution in [-0.2, 0) is 9.59 Å². The number of carbonyl (C=O) groups is 3. The van der Waals surface area contributed by atoms with Gasteiger partial charge in [-0.1, -0.05) is 0 Å². The Balaban J connectivity index is 2.16. The van der Waals surface area contributed by atoms with Crippen LogP contribution >= 0.6 is 0 Å². The van der Waals surface area contributed by atoms with Crippen LogP contribution in [0.3, 0.4) is 0 Å². The standard InChI is InChI=1S/C13H13FN2O4/c1-16-6-7(4-11(16)17)12(18)15-10-3-2-8(14)5-9(10)13(19)20/h2-3,5,7H,4,6H2,1H3,(H,15,18)(H,19,20). The fourth-order valence-corrected chi connectivity index (χ4v) is 2.08. The molecular weight excluding hydrogens is 267 g/mol. The number of aromatic carboxylic acids is 1. The molecule has 6 nitrogen and oxygen atoms in total. The molecule has 106 valence electrons. The molecule has 7 heteroatoms. The van der Waals surface area contributed by atoms with E-state index < -0.39 is 23.6 Å². The van der Waals surface area contributed by atoms with Gasteiger partial charge in [-0.2, -0.15) is 0 Å². The summed E-state index contributed by atoms with van der Waals surface area (Å²) in [5.41, 5.74) is -0.304. The summed E-state index contributed by atoms with van der Waals surface area (Å²) in [6.45, 7) is 0.286. The van der Waals surface area contributed by atoms with Crippen molar-refractivity contribution in [2.75, 3.05) is 18.9 Å². The minimum absolute atomic E-state index is 0.0194. The van der Waals surface area contributed by atoms with Crippen molar-refractivity contribution in [3.63, 3.8) is 0 Å². The summed E-state index contributed by atoms with van der Waals surface area (Å²) >= 11 is 0. The Hall–Kier alpha value is -2.44. The molecular formula is C13H13FN2O4. The Morgan fingerprint density at radius 2 is 2.15 bits per heavy atom. The smallest absolute Gasteiger partial charge is 0.337 e. The molecule has 0 saturated carbocycles. The topological polar surface area (TPSA) is 86.7 Å². The van der Waals surface area contributed by atoms with Crippen molar-refractivity contribution in [3.05, 3.63) is 29.6 Å². The number of nitrogens with one attached hydrogen (secondary N) is 1. The first-order valence-corrected chi connectivity index (χ1v) is 5.96. The number of carboxylic acid groups (broad SMARTS) is 1. The van der Waals surface area contributed by atoms with Gasteiger partial charge in [0.1, 0.15) is 5.82 Å². The number of nitrogens with zero attached hydrogens (tertiary/aromatic N) is 1. The fraction of sp³-hybridized carbons (Fsp3) is 0.308. The summed E-state index contributed by atoms with van der Waals surface area (Å²) in [6, 6.07) is 3.09. The molecule has 2 amide bonds. The summed E-state index contributed by atoms with van der Waals surface area (Å²) in [4.78, 5) is 35.8. The van der Waals surface area contributed by atoms with Crippen molar-refractivity contribution in [2.24, 2.45) is 5.92 Å². The summed E-state index contributed by atoms with van der Waals surface area (Å²) in [6.07, 6.45) is 0.0892. The van der Waals surface area contributed by atoms with Crippen LogP contribution < -0.4 is 5.32 Å². The van der Waals surface area contributed by atoms with Gasteiger partial charge in [0.05, 0.1) is 17.2 Å². The van der Waals surface area contributed by atoms with E-state index in [0.29, 0.717) is 0 Å². The largest absolute Gasteiger partial charge is 0.478 e. The maximum absolute atomic E-state index is 13.0. The van der Waals surface area contributed by atoms with E-state index in [9.17, 15) is 18.8 Å². The molecule has 1 atom stereocenters. The highest BCUT2D eigenvalue weighted by molar-refractivity contribution is 6.02. The van der Waals surface area contributed by atoms with Crippen LogP contribution in [0.15, 0.2) is 18.2 Å². The first-order chi connectivity index (χ1) is 9.38. The molecule has 0 radical (unpaired) electrons. The van der Waals surface area contributed by atoms with Gasteiger partial charge in [-0.15, -0.1) is 0 Å². The third-order valence-electron chi connectivity index (χ3n) is 3.18. The number of carbonyl (C=O) groups excluding carboxylic acids is 2. The van der Waals surface area contributed by atoms with E-state index in [4.69, 9.17) is 5.11 Å². The Kier molecular flexibility index (Phi) is 3.69. The van der Waals surface area contributed by atoms with Gasteiger partial charge in [-0.3, -0.25) is 9.59 Å². The number of halogens is 1. The second-order valence-corrected chi connectivity index (χ2v) is 4.66. The van der Waals surface area contributed by atoms with Gasteiger partial charge in [0, 0.05) is 20.0 Å². The first-order valence-electron chi connectivity index (χ1n) is 5.96. The maximum Gasteiger partial charge on any atom is 0.337 e. The van der Waals surface area contributed by atoms with Gasteiger partial charge >= 0.3 is 5.97 Å². The summed E-state index contributed by atoms with van der Waals surface area (Å²) in [5, 5.41) is 11.4. The van der Waals surface area contributed by atoms with Crippen molar-refractivity contribution in [3.8, 4) is 0 Å². The molecule has 0 aliphatic carbocycles. The van der Waals surface area contributed by atoms with Gasteiger partial charge in [-0.25, -0.2) is 9.18 Å². The van der Waals surface area contributed by atoms with E-state index in [0.717, 1.165) is 12.1 Å². The van der Waals surface area contributed by atoms with Gasteiger partial charge in [0.15, 0.2) is 0 Å². The molecule has 1 aliphatic heterocycles. The summed E-state index contributed by atoms with van der Waals surface area (Å²) in [5.74, 6) is -3.14. The van der Waals surface area contributed by atoms with Crippen molar-refractivity contribution in [1.82, 2.24) is 4.90 Å². The zero-order valence-corrected chi connectivity index (χ0v) is 10.7. The second kappa shape index (κ2) is 5.28. The van der Waals surface area contributed by atoms with Gasteiger partial charge in [-0.05, 0) is 18.2 Å². The molecule has 2 rings (SSSR count). The van der Waals surface area contributed by atoms with E-state index >= 15 is 0 Å². The number of rotatable bonds is 3. The molecule has 1 saturated heterocycles. The van der Waals surface area contributed by atoms with Crippen LogP contribution in [0.5, 0.6) is 0 Å². The molecule has 0 bridgehead atoms. The molecule has 2 N–H and O–H groups in total. The lowest BCUT2D eigenvalue weighted by atomic mass is 10.1. The molecule has 20 heavy (non-hydrogen) atoms. The third kappa shape index (κ3) is 2.76. The van der Waals surface area contributed by atoms with Crippen molar-refractivity contribution < 1.29 is 23.9 Å². The Morgan fingerprint density at radius 3 is 2.70 bits per heavy atom. The SMILES string of the molecule is CN1CC(C(=O)Nc2ccc(F)cc2C(=O)O)CC1=O. The lowest BCUT2D eigenvalue weighted by Gasteiger charge is -2.12. The Morgan fingerprint density at radius 1 is 1.45 bits per heavy atom. The van der Waals surface area contributed by atoms with Crippen molar-refractivity contribution in [2.45, 2.75) is 6.42 Å². The minimum Gasteiger partial charge on any atom is -0.478 e. The third-order valence-corrected chi connectivity index (χ3v) is 3.18. The van der Waals surface area contributed by atoms with Gasteiger partial charge in [0.2, 0.25) is 11.8 Å². The molecule has 0 spiro atoms. The molecule has 1 heterocycles. The van der Waals surface area contributed by atoms with Crippen LogP contribution in [-0.4, -0.2) is 41.4 Å². The highest BCUT2D eigenvalue weighted by atomic mass is 19.1. The highest BCUT2D eigenvalue weighted by Crippen LogP contribution is 2.21. The van der Waals surface area contributed by atoms with Crippen LogP contribution in [0.25, 0.3) is 0 Å². The van der Waals surface area contributed by atoms with Crippen LogP contribution in [0.4, 0.5) is 10.1 Å². The number of anilines is 1. The summed E-state index contributed by atoms with van der Waals surface area (Å²) < 4.78 is 13.0. The molecule has 1 fully saturated rings. The molecule has 0 aromatic heterocycles. The van der Waals surface area contributed by atoms with E-state index in [2.05, 4.69) is 5.32 Å². The number of hydrogen-bond donors (Lipinski definition) is 2. The maximum atomic E-state index is 13.0. The predicted octanol–water partition coefficient (Wildman–Crippen LogP) is 0.941. The van der Waals surface area contributed by atoms with Crippen LogP contribution in [0.1, 0.15) is 16.8 Å². The minimum atomic E-state index is -1.33. The predicted molar refractivity (Wildman–Crippen MR) is 67.7 cm³/mol. The van der Waals surface area contributed by atoms with Crippen LogP contribution in [0, 0.1) is 11.7 Å². The first kappa shape index (κ1) is 14.0. The average molecular weight is 280 g/mol. The van der Waals surface area contributed by atoms with Gasteiger partial charge in [0.25, 0.3) is 0 Å². The number of amides is 2. The number of likely N-dealkylation sites (tertiary alicyclic amines) is 1. The zero-order chi connectivity index (χ0) is 14.9. The summed E-state index contributed by atoms with van der Waals surface area (Å²) in [7, 11) is 1.59. The Bertz CT molecular complexity index is 588. The van der Waals surface area contributed by atoms with E-state index in [-0.39, 0.29) is 30.1 Å². The zero-order valence-electron chi connectivity index (χ0n) is 10.7. The monoisotopic (exact) mass is 280 g/mol. The normalized spacial score (nSPS) is 18.2. The lowest BCUT2D eigenvalue weighted by molar-refractivity contribution is -0.127. The molecule has 1 unspecified atom stereocenters. The van der Waals surface area contributed by atoms with Gasteiger partial charge < -0.3 is 15.3 Å². The second-order valence-electron chi connectivity index (χ2n) is 4.66. The highest BCUT2D eigenvalue weighted by Gasteiger charge is 2.32. The lowest BCUT2D eigenvalue weighted by Crippen LogP contribution is -2.26. The number of benzene rings is 1. The number of hydrogen-bond acceptors (Lipinski definition) is 3. The van der Waals surface area contributed by atoms with E-state index in [1.54, 1.807) is 7.05 Å². The quantitative estimate of drug-likeness (QED) is 0.862. The van der Waals surface area contributed by atoms with Crippen molar-refractivity contribution >= 4 is 23.5 Å². The average Bonchev–Trinajstić information content (AvgIpc) is 2.71. The van der Waals surface area contributed by atoms with Crippen molar-refractivity contribution in [1.29, 1.82) is 0 Å². The van der Waals surface area contributed by atoms with E-state index in [1.165, 1.54) is 11.0 Å². The van der Waals surface area contributed by atoms with Crippen LogP contribution in [0.2, 0.25) is 0 Å².